The fraction of sp³-hybridized carbons (Fsp3) is 0.438. The number of benzene rings is 1. The maximum Gasteiger partial charge on any atom is 0.281 e. The van der Waals surface area contributed by atoms with Gasteiger partial charge in [-0.3, -0.25) is 0 Å². The molecule has 6 nitrogen and oxygen atoms in total. The lowest BCUT2D eigenvalue weighted by Crippen LogP contribution is -2.39. The Labute approximate surface area is 138 Å². The number of unbranched alkanes of at least 4 members (excludes halogenated alkanes) is 1. The summed E-state index contributed by atoms with van der Waals surface area (Å²) in [4.78, 5) is 0. The lowest BCUT2D eigenvalue weighted by molar-refractivity contribution is 0.385. The molecule has 0 saturated carbocycles. The van der Waals surface area contributed by atoms with Gasteiger partial charge in [0, 0.05) is 38.9 Å². The fourth-order valence-corrected chi connectivity index (χ4v) is 3.38. The number of rotatable bonds is 8. The molecule has 0 aliphatic carbocycles. The van der Waals surface area contributed by atoms with Crippen LogP contribution in [0, 0.1) is 0 Å². The molecule has 2 aromatic rings. The SMILES string of the molecule is CCCCN(C)S(=O)(=O)N(C)Cc1cnn(-c2ccccc2)c1. The molecular formula is C16H24N4O2S. The van der Waals surface area contributed by atoms with Crippen LogP contribution in [0.3, 0.4) is 0 Å². The molecule has 1 heterocycles. The Hall–Kier alpha value is -1.70. The molecule has 0 bridgehead atoms. The van der Waals surface area contributed by atoms with Crippen LogP contribution >= 0.6 is 0 Å². The minimum absolute atomic E-state index is 0.297. The van der Waals surface area contributed by atoms with E-state index in [4.69, 9.17) is 0 Å². The number of hydrogen-bond donors (Lipinski definition) is 0. The van der Waals surface area contributed by atoms with E-state index in [0.717, 1.165) is 24.1 Å². The highest BCUT2D eigenvalue weighted by atomic mass is 32.2. The molecule has 0 aliphatic rings. The molecule has 0 aliphatic heterocycles. The molecule has 0 unspecified atom stereocenters. The lowest BCUT2D eigenvalue weighted by Gasteiger charge is -2.23. The Bertz CT molecular complexity index is 713. The highest BCUT2D eigenvalue weighted by Crippen LogP contribution is 2.13. The van der Waals surface area contributed by atoms with Crippen LogP contribution in [0.1, 0.15) is 25.3 Å². The van der Waals surface area contributed by atoms with Crippen LogP contribution in [0.15, 0.2) is 42.7 Å². The van der Waals surface area contributed by atoms with Crippen molar-refractivity contribution in [2.75, 3.05) is 20.6 Å². The van der Waals surface area contributed by atoms with Gasteiger partial charge in [0.1, 0.15) is 0 Å². The number of aromatic nitrogens is 2. The second kappa shape index (κ2) is 7.72. The standard InChI is InChI=1S/C16H24N4O2S/c1-4-5-11-18(2)23(21,22)19(3)13-15-12-17-20(14-15)16-9-7-6-8-10-16/h6-10,12,14H,4-5,11,13H2,1-3H3. The summed E-state index contributed by atoms with van der Waals surface area (Å²) in [5.41, 5.74) is 1.80. The average Bonchev–Trinajstić information content (AvgIpc) is 3.01. The van der Waals surface area contributed by atoms with Crippen LogP contribution in [-0.2, 0) is 16.8 Å². The van der Waals surface area contributed by atoms with Crippen LogP contribution in [0.5, 0.6) is 0 Å². The van der Waals surface area contributed by atoms with Gasteiger partial charge in [-0.2, -0.15) is 22.1 Å². The van der Waals surface area contributed by atoms with Gasteiger partial charge in [-0.15, -0.1) is 0 Å². The van der Waals surface area contributed by atoms with Gasteiger partial charge in [-0.05, 0) is 18.6 Å². The average molecular weight is 336 g/mol. The van der Waals surface area contributed by atoms with Crippen LogP contribution < -0.4 is 0 Å². The topological polar surface area (TPSA) is 58.4 Å². The van der Waals surface area contributed by atoms with Crippen molar-refractivity contribution in [1.29, 1.82) is 0 Å². The Balaban J connectivity index is 2.06. The summed E-state index contributed by atoms with van der Waals surface area (Å²) in [6.07, 6.45) is 5.38. The van der Waals surface area contributed by atoms with E-state index in [1.807, 2.05) is 43.5 Å². The first kappa shape index (κ1) is 17.7. The predicted molar refractivity (Wildman–Crippen MR) is 91.5 cm³/mol. The zero-order chi connectivity index (χ0) is 16.9. The van der Waals surface area contributed by atoms with Crippen molar-refractivity contribution in [3.05, 3.63) is 48.3 Å². The quantitative estimate of drug-likeness (QED) is 0.743. The summed E-state index contributed by atoms with van der Waals surface area (Å²) in [7, 11) is -0.220. The van der Waals surface area contributed by atoms with E-state index >= 15 is 0 Å². The molecule has 0 saturated heterocycles. The third-order valence-corrected chi connectivity index (χ3v) is 5.56. The summed E-state index contributed by atoms with van der Waals surface area (Å²) < 4.78 is 29.4. The Morgan fingerprint density at radius 3 is 2.48 bits per heavy atom. The maximum atomic E-state index is 12.4. The Morgan fingerprint density at radius 1 is 1.13 bits per heavy atom. The number of para-hydroxylation sites is 1. The van der Waals surface area contributed by atoms with E-state index in [9.17, 15) is 8.42 Å². The normalized spacial score (nSPS) is 12.2. The van der Waals surface area contributed by atoms with Gasteiger partial charge in [0.05, 0.1) is 11.9 Å². The molecule has 0 fully saturated rings. The van der Waals surface area contributed by atoms with Gasteiger partial charge in [0.25, 0.3) is 10.2 Å². The monoisotopic (exact) mass is 336 g/mol. The summed E-state index contributed by atoms with van der Waals surface area (Å²) in [6.45, 7) is 2.88. The van der Waals surface area contributed by atoms with E-state index in [-0.39, 0.29) is 0 Å². The van der Waals surface area contributed by atoms with Gasteiger partial charge in [0.2, 0.25) is 0 Å². The molecule has 0 spiro atoms. The van der Waals surface area contributed by atoms with Crippen molar-refractivity contribution in [3.8, 4) is 5.69 Å². The first-order valence-corrected chi connectivity index (χ1v) is 9.11. The van der Waals surface area contributed by atoms with E-state index < -0.39 is 10.2 Å². The Morgan fingerprint density at radius 2 is 1.83 bits per heavy atom. The molecule has 23 heavy (non-hydrogen) atoms. The minimum atomic E-state index is -3.44. The van der Waals surface area contributed by atoms with Gasteiger partial charge in [-0.1, -0.05) is 31.5 Å². The highest BCUT2D eigenvalue weighted by Gasteiger charge is 2.23. The zero-order valence-corrected chi connectivity index (χ0v) is 14.7. The molecule has 126 valence electrons. The molecule has 1 aromatic heterocycles. The van der Waals surface area contributed by atoms with Crippen LogP contribution in [0.2, 0.25) is 0 Å². The third kappa shape index (κ3) is 4.40. The molecule has 0 amide bonds. The van der Waals surface area contributed by atoms with Crippen LogP contribution in [0.4, 0.5) is 0 Å². The van der Waals surface area contributed by atoms with Crippen LogP contribution in [0.25, 0.3) is 5.69 Å². The summed E-state index contributed by atoms with van der Waals surface area (Å²) in [5, 5.41) is 4.30. The van der Waals surface area contributed by atoms with Crippen molar-refractivity contribution in [2.45, 2.75) is 26.3 Å². The van der Waals surface area contributed by atoms with Gasteiger partial charge >= 0.3 is 0 Å². The molecule has 0 atom stereocenters. The van der Waals surface area contributed by atoms with E-state index in [1.165, 1.54) is 8.61 Å². The highest BCUT2D eigenvalue weighted by molar-refractivity contribution is 7.86. The lowest BCUT2D eigenvalue weighted by atomic mass is 10.3. The molecule has 0 radical (unpaired) electrons. The molecule has 2 rings (SSSR count). The van der Waals surface area contributed by atoms with E-state index in [0.29, 0.717) is 13.1 Å². The van der Waals surface area contributed by atoms with Crippen molar-refractivity contribution in [2.24, 2.45) is 0 Å². The molecule has 0 N–H and O–H groups in total. The number of hydrogen-bond acceptors (Lipinski definition) is 3. The van der Waals surface area contributed by atoms with Crippen LogP contribution in [-0.4, -0.2) is 47.4 Å². The van der Waals surface area contributed by atoms with Gasteiger partial charge in [-0.25, -0.2) is 4.68 Å². The molecular weight excluding hydrogens is 312 g/mol. The van der Waals surface area contributed by atoms with E-state index in [1.54, 1.807) is 25.0 Å². The fourth-order valence-electron chi connectivity index (χ4n) is 2.24. The van der Waals surface area contributed by atoms with E-state index in [2.05, 4.69) is 5.10 Å². The van der Waals surface area contributed by atoms with Crippen molar-refractivity contribution >= 4 is 10.2 Å². The summed E-state index contributed by atoms with van der Waals surface area (Å²) >= 11 is 0. The summed E-state index contributed by atoms with van der Waals surface area (Å²) in [6, 6.07) is 9.73. The third-order valence-electron chi connectivity index (χ3n) is 3.68. The van der Waals surface area contributed by atoms with Crippen molar-refractivity contribution in [1.82, 2.24) is 18.4 Å². The second-order valence-corrected chi connectivity index (χ2v) is 7.71. The first-order chi connectivity index (χ1) is 10.9. The van der Waals surface area contributed by atoms with Crippen molar-refractivity contribution < 1.29 is 8.42 Å². The first-order valence-electron chi connectivity index (χ1n) is 7.71. The largest absolute Gasteiger partial charge is 0.281 e. The predicted octanol–water partition coefficient (Wildman–Crippen LogP) is 2.28. The maximum absolute atomic E-state index is 12.4. The van der Waals surface area contributed by atoms with Gasteiger partial charge < -0.3 is 0 Å². The van der Waals surface area contributed by atoms with Crippen molar-refractivity contribution in [3.63, 3.8) is 0 Å². The minimum Gasteiger partial charge on any atom is -0.241 e. The smallest absolute Gasteiger partial charge is 0.241 e. The zero-order valence-electron chi connectivity index (χ0n) is 13.9. The van der Waals surface area contributed by atoms with Gasteiger partial charge in [0.15, 0.2) is 0 Å². The summed E-state index contributed by atoms with van der Waals surface area (Å²) in [5.74, 6) is 0. The number of nitrogens with zero attached hydrogens (tertiary/aromatic N) is 4. The molecule has 7 heteroatoms. The Kier molecular flexibility index (Phi) is 5.92. The second-order valence-electron chi connectivity index (χ2n) is 5.57. The molecule has 1 aromatic carbocycles.